The predicted molar refractivity (Wildman–Crippen MR) is 123 cm³/mol. The number of halogens is 4. The zero-order valence-corrected chi connectivity index (χ0v) is 20.5. The Kier molecular flexibility index (Phi) is 7.31. The molecule has 14 heteroatoms. The molecule has 0 saturated heterocycles. The van der Waals surface area contributed by atoms with Crippen molar-refractivity contribution >= 4 is 33.1 Å². The van der Waals surface area contributed by atoms with E-state index in [1.165, 1.54) is 35.5 Å². The summed E-state index contributed by atoms with van der Waals surface area (Å²) in [6.45, 7) is 3.18. The first kappa shape index (κ1) is 26.3. The van der Waals surface area contributed by atoms with Gasteiger partial charge in [-0.1, -0.05) is 11.6 Å². The third kappa shape index (κ3) is 6.63. The van der Waals surface area contributed by atoms with Gasteiger partial charge in [0.15, 0.2) is 11.6 Å². The molecule has 2 amide bonds. The first-order valence-electron chi connectivity index (χ1n) is 9.94. The van der Waals surface area contributed by atoms with Gasteiger partial charge in [0, 0.05) is 39.0 Å². The summed E-state index contributed by atoms with van der Waals surface area (Å²) < 4.78 is 55.9. The lowest BCUT2D eigenvalue weighted by atomic mass is 10.1. The highest BCUT2D eigenvalue weighted by molar-refractivity contribution is 7.92. The van der Waals surface area contributed by atoms with Gasteiger partial charge in [0.05, 0.1) is 17.2 Å². The van der Waals surface area contributed by atoms with Gasteiger partial charge in [0.1, 0.15) is 5.82 Å². The molecule has 0 aliphatic heterocycles. The topological polar surface area (TPSA) is 119 Å². The van der Waals surface area contributed by atoms with Crippen molar-refractivity contribution < 1.29 is 27.0 Å². The lowest BCUT2D eigenvalue weighted by Gasteiger charge is -2.15. The number of amides is 2. The zero-order chi connectivity index (χ0) is 26.1. The lowest BCUT2D eigenvalue weighted by molar-refractivity contribution is -0.137. The molecule has 3 rings (SSSR count). The monoisotopic (exact) mass is 528 g/mol. The summed E-state index contributed by atoms with van der Waals surface area (Å²) in [4.78, 5) is 33.2. The van der Waals surface area contributed by atoms with E-state index in [1.54, 1.807) is 13.8 Å². The minimum atomic E-state index is -4.67. The maximum atomic E-state index is 13.1. The average molecular weight is 529 g/mol. The van der Waals surface area contributed by atoms with Crippen LogP contribution in [0.1, 0.15) is 50.9 Å². The van der Waals surface area contributed by atoms with Crippen LogP contribution in [0.2, 0.25) is 5.02 Å². The first-order chi connectivity index (χ1) is 16.1. The summed E-state index contributed by atoms with van der Waals surface area (Å²) in [5, 5.41) is 6.59. The highest BCUT2D eigenvalue weighted by atomic mass is 35.5. The Morgan fingerprint density at radius 2 is 1.86 bits per heavy atom. The van der Waals surface area contributed by atoms with Crippen molar-refractivity contribution in [2.75, 3.05) is 12.5 Å². The molecular formula is C21H20ClF3N6O3S. The molecule has 0 spiro atoms. The zero-order valence-electron chi connectivity index (χ0n) is 18.9. The van der Waals surface area contributed by atoms with Crippen LogP contribution in [-0.4, -0.2) is 48.3 Å². The number of nitrogens with one attached hydrogen (secondary N) is 1. The van der Waals surface area contributed by atoms with Crippen LogP contribution in [0.25, 0.3) is 5.82 Å². The van der Waals surface area contributed by atoms with Gasteiger partial charge in [-0.25, -0.2) is 14.2 Å². The fourth-order valence-electron chi connectivity index (χ4n) is 3.00. The van der Waals surface area contributed by atoms with Crippen LogP contribution in [0, 0.1) is 6.92 Å². The van der Waals surface area contributed by atoms with E-state index in [4.69, 9.17) is 11.6 Å². The predicted octanol–water partition coefficient (Wildman–Crippen LogP) is 4.00. The molecular weight excluding hydrogens is 509 g/mol. The van der Waals surface area contributed by atoms with Gasteiger partial charge >= 0.3 is 6.18 Å². The second-order valence-corrected chi connectivity index (χ2v) is 10.8. The minimum Gasteiger partial charge on any atom is -0.342 e. The summed E-state index contributed by atoms with van der Waals surface area (Å²) in [5.41, 5.74) is -1.20. The molecule has 0 fully saturated rings. The normalized spacial score (nSPS) is 12.8. The number of aromatic nitrogens is 4. The van der Waals surface area contributed by atoms with Gasteiger partial charge in [-0.15, -0.1) is 5.10 Å². The molecule has 1 atom stereocenters. The van der Waals surface area contributed by atoms with E-state index >= 15 is 0 Å². The Bertz CT molecular complexity index is 1400. The number of benzene rings is 1. The number of hydrogen-bond acceptors (Lipinski definition) is 6. The molecule has 0 saturated carbocycles. The maximum absolute atomic E-state index is 13.1. The molecule has 9 nitrogen and oxygen atoms in total. The van der Waals surface area contributed by atoms with E-state index in [0.717, 1.165) is 12.1 Å². The molecule has 3 aromatic rings. The molecule has 35 heavy (non-hydrogen) atoms. The van der Waals surface area contributed by atoms with Gasteiger partial charge in [-0.2, -0.15) is 22.2 Å². The number of aryl methyl sites for hydroxylation is 1. The standard InChI is InChI=1S/C21H20ClF3N6O3S/c1-11(27-19(32)14-7-15(21(23,24)25)9-16(22)8-14)18-28-12(2)29-31(18)17-6-5-13(10-26-17)20(33)30-35(3,4)34/h5-11H,1-4H3,(H,27,32). The van der Waals surface area contributed by atoms with Crippen molar-refractivity contribution in [2.45, 2.75) is 26.1 Å². The lowest BCUT2D eigenvalue weighted by Crippen LogP contribution is -2.29. The van der Waals surface area contributed by atoms with Crippen LogP contribution in [0.5, 0.6) is 0 Å². The number of carbonyl (C=O) groups is 2. The van der Waals surface area contributed by atoms with Crippen LogP contribution in [-0.2, 0) is 15.9 Å². The number of carbonyl (C=O) groups excluding carboxylic acids is 2. The van der Waals surface area contributed by atoms with Crippen LogP contribution in [0.15, 0.2) is 40.9 Å². The maximum Gasteiger partial charge on any atom is 0.416 e. The van der Waals surface area contributed by atoms with E-state index in [0.29, 0.717) is 11.9 Å². The fourth-order valence-corrected chi connectivity index (χ4v) is 3.74. The Morgan fingerprint density at radius 1 is 1.17 bits per heavy atom. The van der Waals surface area contributed by atoms with Gasteiger partial charge in [-0.3, -0.25) is 9.59 Å². The molecule has 0 aliphatic rings. The highest BCUT2D eigenvalue weighted by Crippen LogP contribution is 2.32. The van der Waals surface area contributed by atoms with Crippen molar-refractivity contribution in [3.63, 3.8) is 0 Å². The number of rotatable bonds is 5. The third-order valence-electron chi connectivity index (χ3n) is 4.47. The molecule has 186 valence electrons. The van der Waals surface area contributed by atoms with Gasteiger partial charge in [0.2, 0.25) is 0 Å². The van der Waals surface area contributed by atoms with Gasteiger partial charge in [0.25, 0.3) is 11.8 Å². The van der Waals surface area contributed by atoms with E-state index in [9.17, 15) is 27.0 Å². The Balaban J connectivity index is 1.87. The molecule has 1 aromatic carbocycles. The van der Waals surface area contributed by atoms with Gasteiger partial charge in [-0.05, 0) is 44.2 Å². The van der Waals surface area contributed by atoms with Crippen molar-refractivity contribution in [1.29, 1.82) is 0 Å². The largest absolute Gasteiger partial charge is 0.416 e. The summed E-state index contributed by atoms with van der Waals surface area (Å²) in [7, 11) is -2.64. The molecule has 1 unspecified atom stereocenters. The summed E-state index contributed by atoms with van der Waals surface area (Å²) >= 11 is 5.77. The second kappa shape index (κ2) is 9.74. The van der Waals surface area contributed by atoms with Crippen molar-refractivity contribution in [3.05, 3.63) is 69.9 Å². The van der Waals surface area contributed by atoms with Crippen LogP contribution in [0.4, 0.5) is 13.2 Å². The molecule has 0 radical (unpaired) electrons. The van der Waals surface area contributed by atoms with Gasteiger partial charge < -0.3 is 5.32 Å². The van der Waals surface area contributed by atoms with Crippen LogP contribution < -0.4 is 5.32 Å². The molecule has 1 N–H and O–H groups in total. The van der Waals surface area contributed by atoms with E-state index < -0.39 is 39.3 Å². The molecule has 0 aliphatic carbocycles. The van der Waals surface area contributed by atoms with Crippen LogP contribution in [0.3, 0.4) is 0 Å². The van der Waals surface area contributed by atoms with E-state index in [-0.39, 0.29) is 27.8 Å². The number of nitrogens with zero attached hydrogens (tertiary/aromatic N) is 5. The van der Waals surface area contributed by atoms with Crippen molar-refractivity contribution in [2.24, 2.45) is 4.36 Å². The Labute approximate surface area is 203 Å². The van der Waals surface area contributed by atoms with Crippen molar-refractivity contribution in [3.8, 4) is 5.82 Å². The fraction of sp³-hybridized carbons (Fsp3) is 0.286. The minimum absolute atomic E-state index is 0.117. The van der Waals surface area contributed by atoms with E-state index in [1.807, 2.05) is 0 Å². The third-order valence-corrected chi connectivity index (χ3v) is 5.30. The summed E-state index contributed by atoms with van der Waals surface area (Å²) in [5.74, 6) is -0.633. The molecule has 2 heterocycles. The number of alkyl halides is 3. The Morgan fingerprint density at radius 3 is 2.43 bits per heavy atom. The highest BCUT2D eigenvalue weighted by Gasteiger charge is 2.32. The summed E-state index contributed by atoms with van der Waals surface area (Å²) in [6.07, 6.45) is -0.762. The average Bonchev–Trinajstić information content (AvgIpc) is 3.13. The quantitative estimate of drug-likeness (QED) is 0.534. The first-order valence-corrected chi connectivity index (χ1v) is 12.6. The van der Waals surface area contributed by atoms with E-state index in [2.05, 4.69) is 24.7 Å². The number of pyridine rings is 1. The molecule has 0 bridgehead atoms. The Hall–Kier alpha value is -3.32. The van der Waals surface area contributed by atoms with Crippen LogP contribution >= 0.6 is 11.6 Å². The SMILES string of the molecule is Cc1nc(C(C)NC(=O)c2cc(Cl)cc(C(F)(F)F)c2)n(-c2ccc(C(=O)N=S(C)(C)=O)cn2)n1. The number of hydrogen-bond donors (Lipinski definition) is 1. The molecule has 2 aromatic heterocycles. The smallest absolute Gasteiger partial charge is 0.342 e. The second-order valence-electron chi connectivity index (χ2n) is 7.83. The van der Waals surface area contributed by atoms with Crippen molar-refractivity contribution in [1.82, 2.24) is 25.1 Å². The summed E-state index contributed by atoms with van der Waals surface area (Å²) in [6, 6.07) is 4.66.